The highest BCUT2D eigenvalue weighted by Gasteiger charge is 2.45. The van der Waals surface area contributed by atoms with Crippen LogP contribution in [0.2, 0.25) is 0 Å². The Morgan fingerprint density at radius 3 is 2.32 bits per heavy atom. The SMILES string of the molecule is Cc1ncsc1-c1ccc(CNC(=O)[C@@H]2C[C@@H](OCC(=O)O)CN2C(=O)[C@@H](NC(=O)OC(C)(C)C)C(C)(C)C)cc1. The van der Waals surface area contributed by atoms with Crippen LogP contribution in [0.4, 0.5) is 4.79 Å². The number of ether oxygens (including phenoxy) is 2. The van der Waals surface area contributed by atoms with E-state index in [-0.39, 0.29) is 19.5 Å². The van der Waals surface area contributed by atoms with E-state index in [1.54, 1.807) is 58.4 Å². The average Bonchev–Trinajstić information content (AvgIpc) is 3.49. The predicted molar refractivity (Wildman–Crippen MR) is 154 cm³/mol. The number of likely N-dealkylation sites (tertiary alicyclic amines) is 1. The Balaban J connectivity index is 1.75. The lowest BCUT2D eigenvalue weighted by molar-refractivity contribution is -0.144. The van der Waals surface area contributed by atoms with Crippen molar-refractivity contribution in [1.29, 1.82) is 0 Å². The van der Waals surface area contributed by atoms with Gasteiger partial charge in [0.05, 0.1) is 22.2 Å². The molecule has 11 nitrogen and oxygen atoms in total. The van der Waals surface area contributed by atoms with E-state index < -0.39 is 59.7 Å². The number of amides is 3. The summed E-state index contributed by atoms with van der Waals surface area (Å²) < 4.78 is 10.8. The Morgan fingerprint density at radius 1 is 1.12 bits per heavy atom. The number of aliphatic carboxylic acids is 1. The molecular weight excluding hydrogens is 548 g/mol. The van der Waals surface area contributed by atoms with E-state index in [2.05, 4.69) is 15.6 Å². The van der Waals surface area contributed by atoms with Gasteiger partial charge in [0, 0.05) is 19.5 Å². The molecule has 2 heterocycles. The van der Waals surface area contributed by atoms with Gasteiger partial charge in [-0.3, -0.25) is 9.59 Å². The molecule has 3 N–H and O–H groups in total. The highest BCUT2D eigenvalue weighted by atomic mass is 32.1. The molecule has 1 aromatic carbocycles. The number of aryl methyl sites for hydroxylation is 1. The van der Waals surface area contributed by atoms with Gasteiger partial charge in [0.25, 0.3) is 0 Å². The van der Waals surface area contributed by atoms with Crippen LogP contribution in [-0.2, 0) is 30.4 Å². The van der Waals surface area contributed by atoms with Crippen LogP contribution in [0.15, 0.2) is 29.8 Å². The van der Waals surface area contributed by atoms with Crippen molar-refractivity contribution < 1.29 is 33.8 Å². The van der Waals surface area contributed by atoms with Gasteiger partial charge in [-0.15, -0.1) is 11.3 Å². The third-order valence-electron chi connectivity index (χ3n) is 6.49. The average molecular weight is 589 g/mol. The molecule has 0 spiro atoms. The van der Waals surface area contributed by atoms with E-state index >= 15 is 0 Å². The van der Waals surface area contributed by atoms with E-state index in [0.29, 0.717) is 0 Å². The molecule has 0 aliphatic carbocycles. The molecule has 3 atom stereocenters. The van der Waals surface area contributed by atoms with Crippen molar-refractivity contribution in [3.8, 4) is 10.4 Å². The van der Waals surface area contributed by atoms with Crippen LogP contribution in [0.25, 0.3) is 10.4 Å². The van der Waals surface area contributed by atoms with Crippen LogP contribution in [0.1, 0.15) is 59.2 Å². The molecule has 0 bridgehead atoms. The first kappa shape index (κ1) is 32.0. The van der Waals surface area contributed by atoms with E-state index in [9.17, 15) is 19.2 Å². The maximum absolute atomic E-state index is 13.8. The van der Waals surface area contributed by atoms with Gasteiger partial charge < -0.3 is 30.1 Å². The number of carboxylic acids is 1. The van der Waals surface area contributed by atoms with Crippen molar-refractivity contribution >= 4 is 35.2 Å². The van der Waals surface area contributed by atoms with E-state index in [0.717, 1.165) is 21.7 Å². The van der Waals surface area contributed by atoms with Gasteiger partial charge in [0.15, 0.2) is 0 Å². The topological polar surface area (TPSA) is 147 Å². The fourth-order valence-electron chi connectivity index (χ4n) is 4.50. The first-order valence-corrected chi connectivity index (χ1v) is 14.3. The first-order valence-electron chi connectivity index (χ1n) is 13.5. The Hall–Kier alpha value is -3.51. The molecule has 3 amide bonds. The fourth-order valence-corrected chi connectivity index (χ4v) is 5.31. The first-order chi connectivity index (χ1) is 19.0. The number of carboxylic acid groups (broad SMARTS) is 1. The van der Waals surface area contributed by atoms with Crippen LogP contribution in [0.3, 0.4) is 0 Å². The maximum Gasteiger partial charge on any atom is 0.408 e. The van der Waals surface area contributed by atoms with Crippen molar-refractivity contribution in [3.05, 3.63) is 41.0 Å². The lowest BCUT2D eigenvalue weighted by Crippen LogP contribution is -2.58. The summed E-state index contributed by atoms with van der Waals surface area (Å²) in [4.78, 5) is 57.7. The van der Waals surface area contributed by atoms with Gasteiger partial charge in [-0.1, -0.05) is 45.0 Å². The molecule has 1 aromatic heterocycles. The molecule has 1 aliphatic heterocycles. The number of benzene rings is 1. The Bertz CT molecular complexity index is 1250. The second-order valence-corrected chi connectivity index (χ2v) is 13.1. The summed E-state index contributed by atoms with van der Waals surface area (Å²) in [5.41, 5.74) is 3.19. The third kappa shape index (κ3) is 8.99. The second-order valence-electron chi connectivity index (χ2n) is 12.2. The quantitative estimate of drug-likeness (QED) is 0.401. The van der Waals surface area contributed by atoms with Crippen molar-refractivity contribution in [3.63, 3.8) is 0 Å². The summed E-state index contributed by atoms with van der Waals surface area (Å²) >= 11 is 1.56. The standard InChI is InChI=1S/C29H40N4O7S/c1-17-23(41-16-31-17)19-10-8-18(9-11-19)13-30-25(36)21-12-20(39-15-22(34)35)14-33(21)26(37)24(28(2,3)4)32-27(38)40-29(5,6)7/h8-11,16,20-21,24H,12-15H2,1-7H3,(H,30,36)(H,32,38)(H,34,35)/t20-,21+,24-/m1/s1. The summed E-state index contributed by atoms with van der Waals surface area (Å²) in [7, 11) is 0. The number of rotatable bonds is 9. The minimum absolute atomic E-state index is 0.00960. The molecule has 1 fully saturated rings. The highest BCUT2D eigenvalue weighted by Crippen LogP contribution is 2.29. The molecular formula is C29H40N4O7S. The van der Waals surface area contributed by atoms with Gasteiger partial charge in [-0.25, -0.2) is 14.6 Å². The zero-order chi connectivity index (χ0) is 30.5. The van der Waals surface area contributed by atoms with Crippen LogP contribution in [0.5, 0.6) is 0 Å². The number of aromatic nitrogens is 1. The molecule has 0 unspecified atom stereocenters. The minimum Gasteiger partial charge on any atom is -0.480 e. The van der Waals surface area contributed by atoms with Crippen LogP contribution < -0.4 is 10.6 Å². The zero-order valence-corrected chi connectivity index (χ0v) is 25.5. The molecule has 3 rings (SSSR count). The number of hydrogen-bond donors (Lipinski definition) is 3. The van der Waals surface area contributed by atoms with E-state index in [1.165, 1.54) is 4.90 Å². The lowest BCUT2D eigenvalue weighted by Gasteiger charge is -2.35. The Labute approximate surface area is 244 Å². The monoisotopic (exact) mass is 588 g/mol. The van der Waals surface area contributed by atoms with Gasteiger partial charge in [0.2, 0.25) is 11.8 Å². The summed E-state index contributed by atoms with van der Waals surface area (Å²) in [6.07, 6.45) is -1.28. The van der Waals surface area contributed by atoms with Crippen LogP contribution >= 0.6 is 11.3 Å². The minimum atomic E-state index is -1.15. The molecule has 1 saturated heterocycles. The molecule has 12 heteroatoms. The number of nitrogens with zero attached hydrogens (tertiary/aromatic N) is 2. The fraction of sp³-hybridized carbons (Fsp3) is 0.552. The van der Waals surface area contributed by atoms with Crippen LogP contribution in [-0.4, -0.2) is 75.8 Å². The number of alkyl carbamates (subject to hydrolysis) is 1. The van der Waals surface area contributed by atoms with E-state index in [4.69, 9.17) is 14.6 Å². The summed E-state index contributed by atoms with van der Waals surface area (Å²) in [5.74, 6) is -2.02. The van der Waals surface area contributed by atoms with Gasteiger partial charge >= 0.3 is 12.1 Å². The molecule has 41 heavy (non-hydrogen) atoms. The van der Waals surface area contributed by atoms with Crippen molar-refractivity contribution in [2.75, 3.05) is 13.2 Å². The molecule has 2 aromatic rings. The smallest absolute Gasteiger partial charge is 0.408 e. The van der Waals surface area contributed by atoms with Crippen molar-refractivity contribution in [2.24, 2.45) is 5.41 Å². The molecule has 0 saturated carbocycles. The van der Waals surface area contributed by atoms with Gasteiger partial charge in [-0.2, -0.15) is 0 Å². The lowest BCUT2D eigenvalue weighted by atomic mass is 9.85. The largest absolute Gasteiger partial charge is 0.480 e. The summed E-state index contributed by atoms with van der Waals surface area (Å²) in [5, 5.41) is 14.6. The Morgan fingerprint density at radius 2 is 1.78 bits per heavy atom. The predicted octanol–water partition coefficient (Wildman–Crippen LogP) is 3.74. The maximum atomic E-state index is 13.8. The molecule has 0 radical (unpaired) electrons. The number of carbonyl (C=O) groups excluding carboxylic acids is 3. The summed E-state index contributed by atoms with van der Waals surface area (Å²) in [6, 6.07) is 5.87. The number of hydrogen-bond acceptors (Lipinski definition) is 8. The highest BCUT2D eigenvalue weighted by molar-refractivity contribution is 7.13. The number of carbonyl (C=O) groups is 4. The Kier molecular flexibility index (Phi) is 10.1. The zero-order valence-electron chi connectivity index (χ0n) is 24.6. The third-order valence-corrected chi connectivity index (χ3v) is 7.47. The molecule has 1 aliphatic rings. The van der Waals surface area contributed by atoms with Gasteiger partial charge in [0.1, 0.15) is 24.3 Å². The number of thiazole rings is 1. The second kappa shape index (κ2) is 13.0. The van der Waals surface area contributed by atoms with Crippen molar-refractivity contribution in [1.82, 2.24) is 20.5 Å². The van der Waals surface area contributed by atoms with E-state index in [1.807, 2.05) is 31.2 Å². The number of nitrogens with one attached hydrogen (secondary N) is 2. The summed E-state index contributed by atoms with van der Waals surface area (Å²) in [6.45, 7) is 12.2. The van der Waals surface area contributed by atoms with Crippen molar-refractivity contribution in [2.45, 2.75) is 85.2 Å². The molecule has 224 valence electrons. The van der Waals surface area contributed by atoms with Crippen LogP contribution in [0, 0.1) is 12.3 Å². The van der Waals surface area contributed by atoms with Gasteiger partial charge in [-0.05, 0) is 44.2 Å². The normalized spacial score (nSPS) is 18.1.